The fraction of sp³-hybridized carbons (Fsp3) is 0.417. The van der Waals surface area contributed by atoms with Crippen molar-refractivity contribution < 1.29 is 14.4 Å². The lowest BCUT2D eigenvalue weighted by atomic mass is 10.1. The van der Waals surface area contributed by atoms with Gasteiger partial charge in [-0.3, -0.25) is 15.1 Å². The molecule has 1 N–H and O–H groups in total. The molecule has 2 aromatic rings. The average molecular weight is 392 g/mol. The lowest BCUT2D eigenvalue weighted by Gasteiger charge is -2.07. The molecule has 0 amide bonds. The first-order valence-corrected chi connectivity index (χ1v) is 10.1. The normalized spacial score (nSPS) is 22.2. The summed E-state index contributed by atoms with van der Waals surface area (Å²) in [6, 6.07) is 15.7. The van der Waals surface area contributed by atoms with Gasteiger partial charge in [0.05, 0.1) is 23.9 Å². The van der Waals surface area contributed by atoms with Crippen molar-refractivity contribution in [1.82, 2.24) is 10.5 Å². The number of esters is 1. The zero-order chi connectivity index (χ0) is 20.5. The molecule has 1 heterocycles. The van der Waals surface area contributed by atoms with Gasteiger partial charge in [0, 0.05) is 17.2 Å². The summed E-state index contributed by atoms with van der Waals surface area (Å²) in [5.41, 5.74) is 6.68. The van der Waals surface area contributed by atoms with Gasteiger partial charge in [0.1, 0.15) is 6.61 Å². The zero-order valence-corrected chi connectivity index (χ0v) is 17.3. The molecule has 0 bridgehead atoms. The SMILES string of the molecule is CC1(CONC=C2C(C(=O)OCc3cccc(-c4ccccc4)n3)C2(C)C)CC1. The number of nitrogens with one attached hydrogen (secondary N) is 1. The molecule has 1 atom stereocenters. The van der Waals surface area contributed by atoms with E-state index in [2.05, 4.69) is 17.4 Å². The van der Waals surface area contributed by atoms with Crippen LogP contribution in [0.3, 0.4) is 0 Å². The number of rotatable bonds is 8. The van der Waals surface area contributed by atoms with Gasteiger partial charge in [-0.1, -0.05) is 57.2 Å². The van der Waals surface area contributed by atoms with E-state index < -0.39 is 0 Å². The van der Waals surface area contributed by atoms with Crippen molar-refractivity contribution in [1.29, 1.82) is 0 Å². The van der Waals surface area contributed by atoms with E-state index in [1.54, 1.807) is 0 Å². The van der Waals surface area contributed by atoms with Gasteiger partial charge in [-0.25, -0.2) is 4.98 Å². The highest BCUT2D eigenvalue weighted by atomic mass is 16.6. The predicted molar refractivity (Wildman–Crippen MR) is 111 cm³/mol. The lowest BCUT2D eigenvalue weighted by molar-refractivity contribution is -0.147. The van der Waals surface area contributed by atoms with Crippen molar-refractivity contribution in [2.24, 2.45) is 16.7 Å². The largest absolute Gasteiger partial charge is 0.459 e. The first-order chi connectivity index (χ1) is 13.9. The molecule has 1 aromatic carbocycles. The number of ether oxygens (including phenoxy) is 1. The Labute approximate surface area is 172 Å². The number of carbonyl (C=O) groups is 1. The Bertz CT molecular complexity index is 917. The van der Waals surface area contributed by atoms with Crippen LogP contribution in [0.2, 0.25) is 0 Å². The quantitative estimate of drug-likeness (QED) is 0.402. The molecule has 2 saturated carbocycles. The fourth-order valence-corrected chi connectivity index (χ4v) is 3.51. The Hall–Kier alpha value is -2.66. The van der Waals surface area contributed by atoms with E-state index >= 15 is 0 Å². The second kappa shape index (κ2) is 7.64. The smallest absolute Gasteiger partial charge is 0.314 e. The maximum atomic E-state index is 12.6. The molecular formula is C24H28N2O3. The van der Waals surface area contributed by atoms with Crippen LogP contribution in [0.5, 0.6) is 0 Å². The number of carbonyl (C=O) groups excluding carboxylic acids is 1. The first kappa shape index (κ1) is 19.6. The highest BCUT2D eigenvalue weighted by molar-refractivity contribution is 5.83. The number of nitrogens with zero attached hydrogens (tertiary/aromatic N) is 1. The van der Waals surface area contributed by atoms with Crippen LogP contribution in [0.15, 0.2) is 60.3 Å². The van der Waals surface area contributed by atoms with E-state index in [9.17, 15) is 4.79 Å². The predicted octanol–water partition coefficient (Wildman–Crippen LogP) is 4.65. The summed E-state index contributed by atoms with van der Waals surface area (Å²) in [5.74, 6) is -0.462. The molecule has 2 fully saturated rings. The minimum Gasteiger partial charge on any atom is -0.459 e. The van der Waals surface area contributed by atoms with Gasteiger partial charge in [0.2, 0.25) is 0 Å². The third-order valence-electron chi connectivity index (χ3n) is 5.99. The number of benzene rings is 1. The molecule has 1 unspecified atom stereocenters. The third kappa shape index (κ3) is 4.51. The van der Waals surface area contributed by atoms with Crippen LogP contribution in [-0.2, 0) is 21.0 Å². The second-order valence-corrected chi connectivity index (χ2v) is 8.96. The molecule has 0 spiro atoms. The summed E-state index contributed by atoms with van der Waals surface area (Å²) in [6.45, 7) is 7.16. The molecule has 5 nitrogen and oxygen atoms in total. The van der Waals surface area contributed by atoms with Crippen molar-refractivity contribution in [2.45, 2.75) is 40.2 Å². The second-order valence-electron chi connectivity index (χ2n) is 8.96. The Morgan fingerprint density at radius 2 is 1.90 bits per heavy atom. The van der Waals surface area contributed by atoms with Crippen LogP contribution in [0.4, 0.5) is 0 Å². The van der Waals surface area contributed by atoms with Gasteiger partial charge in [-0.15, -0.1) is 0 Å². The van der Waals surface area contributed by atoms with E-state index in [0.717, 1.165) is 22.5 Å². The fourth-order valence-electron chi connectivity index (χ4n) is 3.51. The summed E-state index contributed by atoms with van der Waals surface area (Å²) in [5, 5.41) is 0. The van der Waals surface area contributed by atoms with E-state index in [1.807, 2.05) is 68.6 Å². The molecule has 29 heavy (non-hydrogen) atoms. The van der Waals surface area contributed by atoms with Crippen LogP contribution < -0.4 is 5.48 Å². The highest BCUT2D eigenvalue weighted by Crippen LogP contribution is 2.58. The number of hydrogen-bond donors (Lipinski definition) is 1. The average Bonchev–Trinajstić information content (AvgIpc) is 3.59. The topological polar surface area (TPSA) is 60.5 Å². The number of aromatic nitrogens is 1. The summed E-state index contributed by atoms with van der Waals surface area (Å²) in [6.07, 6.45) is 4.24. The highest BCUT2D eigenvalue weighted by Gasteiger charge is 2.58. The lowest BCUT2D eigenvalue weighted by Crippen LogP contribution is -2.14. The van der Waals surface area contributed by atoms with Crippen molar-refractivity contribution >= 4 is 5.97 Å². The standard InChI is InChI=1S/C24H28N2O3/c1-23(2)19(14-25-29-16-24(3)12-13-24)21(23)22(27)28-15-18-10-7-11-20(26-18)17-8-5-4-6-9-17/h4-11,14,21,25H,12-13,15-16H2,1-3H3. The van der Waals surface area contributed by atoms with Crippen LogP contribution in [0.1, 0.15) is 39.3 Å². The third-order valence-corrected chi connectivity index (χ3v) is 5.99. The van der Waals surface area contributed by atoms with Crippen LogP contribution in [0, 0.1) is 16.7 Å². The van der Waals surface area contributed by atoms with Gasteiger partial charge in [-0.05, 0) is 36.0 Å². The Morgan fingerprint density at radius 3 is 2.62 bits per heavy atom. The Balaban J connectivity index is 1.31. The molecular weight excluding hydrogens is 364 g/mol. The van der Waals surface area contributed by atoms with Gasteiger partial charge >= 0.3 is 5.97 Å². The van der Waals surface area contributed by atoms with Crippen LogP contribution in [-0.4, -0.2) is 17.6 Å². The maximum Gasteiger partial charge on any atom is 0.314 e. The van der Waals surface area contributed by atoms with Crippen molar-refractivity contribution in [3.05, 3.63) is 66.0 Å². The molecule has 152 valence electrons. The van der Waals surface area contributed by atoms with Gasteiger partial charge in [0.15, 0.2) is 0 Å². The van der Waals surface area contributed by atoms with E-state index in [4.69, 9.17) is 9.57 Å². The van der Waals surface area contributed by atoms with Crippen molar-refractivity contribution in [2.75, 3.05) is 6.61 Å². The maximum absolute atomic E-state index is 12.6. The molecule has 0 saturated heterocycles. The minimum atomic E-state index is -0.243. The monoisotopic (exact) mass is 392 g/mol. The summed E-state index contributed by atoms with van der Waals surface area (Å²) in [4.78, 5) is 22.7. The van der Waals surface area contributed by atoms with Crippen LogP contribution in [0.25, 0.3) is 11.3 Å². The number of hydroxylamine groups is 1. The molecule has 0 aliphatic heterocycles. The molecule has 5 heteroatoms. The van der Waals surface area contributed by atoms with Crippen LogP contribution >= 0.6 is 0 Å². The Kier molecular flexibility index (Phi) is 5.17. The van der Waals surface area contributed by atoms with Gasteiger partial charge in [-0.2, -0.15) is 0 Å². The number of pyridine rings is 1. The van der Waals surface area contributed by atoms with Gasteiger partial charge < -0.3 is 4.74 Å². The molecule has 0 radical (unpaired) electrons. The Morgan fingerprint density at radius 1 is 1.14 bits per heavy atom. The number of hydrogen-bond acceptors (Lipinski definition) is 5. The first-order valence-electron chi connectivity index (χ1n) is 10.1. The summed E-state index contributed by atoms with van der Waals surface area (Å²) < 4.78 is 5.57. The van der Waals surface area contributed by atoms with E-state index in [0.29, 0.717) is 12.0 Å². The van der Waals surface area contributed by atoms with Crippen molar-refractivity contribution in [3.63, 3.8) is 0 Å². The van der Waals surface area contributed by atoms with E-state index in [-0.39, 0.29) is 23.9 Å². The van der Waals surface area contributed by atoms with Crippen molar-refractivity contribution in [3.8, 4) is 11.3 Å². The summed E-state index contributed by atoms with van der Waals surface area (Å²) >= 11 is 0. The zero-order valence-electron chi connectivity index (χ0n) is 17.3. The molecule has 4 rings (SSSR count). The van der Waals surface area contributed by atoms with Gasteiger partial charge in [0.25, 0.3) is 0 Å². The van der Waals surface area contributed by atoms with E-state index in [1.165, 1.54) is 12.8 Å². The molecule has 1 aromatic heterocycles. The molecule has 2 aliphatic carbocycles. The molecule has 2 aliphatic rings. The summed E-state index contributed by atoms with van der Waals surface area (Å²) in [7, 11) is 0. The minimum absolute atomic E-state index is 0.168.